The van der Waals surface area contributed by atoms with Crippen LogP contribution in [0, 0.1) is 5.41 Å². The molecule has 0 saturated heterocycles. The Morgan fingerprint density at radius 3 is 2.45 bits per heavy atom. The van der Waals surface area contributed by atoms with E-state index in [1.54, 1.807) is 0 Å². The van der Waals surface area contributed by atoms with Crippen molar-refractivity contribution in [2.75, 3.05) is 6.54 Å². The molecule has 2 aromatic carbocycles. The molecule has 0 aliphatic carbocycles. The van der Waals surface area contributed by atoms with Gasteiger partial charge in [-0.15, -0.1) is 0 Å². The summed E-state index contributed by atoms with van der Waals surface area (Å²) in [7, 11) is 0. The molecule has 0 amide bonds. The van der Waals surface area contributed by atoms with Gasteiger partial charge < -0.3 is 16.2 Å². The zero-order valence-electron chi connectivity index (χ0n) is 13.3. The molecule has 0 bridgehead atoms. The molecule has 0 saturated carbocycles. The monoisotopic (exact) mass is 300 g/mol. The normalized spacial score (nSPS) is 14.7. The van der Waals surface area contributed by atoms with E-state index in [9.17, 15) is 9.90 Å². The van der Waals surface area contributed by atoms with E-state index in [0.29, 0.717) is 6.54 Å². The molecule has 4 heteroatoms. The zero-order chi connectivity index (χ0) is 16.3. The SMILES string of the molecule is CC(C)(C)[C@H](NC[C@@H](N)c1cccc2ccccc12)C(=O)O. The van der Waals surface area contributed by atoms with Crippen LogP contribution in [-0.2, 0) is 4.79 Å². The van der Waals surface area contributed by atoms with E-state index in [0.717, 1.165) is 16.3 Å². The third-order valence-electron chi connectivity index (χ3n) is 3.88. The summed E-state index contributed by atoms with van der Waals surface area (Å²) in [5.41, 5.74) is 6.96. The van der Waals surface area contributed by atoms with Crippen LogP contribution in [0.3, 0.4) is 0 Å². The number of benzene rings is 2. The molecular formula is C18H24N2O2. The lowest BCUT2D eigenvalue weighted by Gasteiger charge is -2.29. The van der Waals surface area contributed by atoms with E-state index in [1.165, 1.54) is 0 Å². The Bertz CT molecular complexity index is 656. The summed E-state index contributed by atoms with van der Waals surface area (Å²) in [5, 5.41) is 14.7. The first-order valence-corrected chi connectivity index (χ1v) is 7.50. The van der Waals surface area contributed by atoms with Crippen LogP contribution in [0.25, 0.3) is 10.8 Å². The van der Waals surface area contributed by atoms with E-state index in [2.05, 4.69) is 5.32 Å². The minimum Gasteiger partial charge on any atom is -0.480 e. The number of aliphatic carboxylic acids is 1. The molecule has 0 spiro atoms. The van der Waals surface area contributed by atoms with Gasteiger partial charge in [0.05, 0.1) is 0 Å². The Kier molecular flexibility index (Phi) is 4.84. The Hall–Kier alpha value is -1.91. The molecule has 2 atom stereocenters. The predicted octanol–water partition coefficient (Wildman–Crippen LogP) is 2.93. The van der Waals surface area contributed by atoms with Crippen molar-refractivity contribution in [1.29, 1.82) is 0 Å². The highest BCUT2D eigenvalue weighted by Gasteiger charge is 2.31. The minimum absolute atomic E-state index is 0.254. The van der Waals surface area contributed by atoms with Gasteiger partial charge in [0, 0.05) is 12.6 Å². The van der Waals surface area contributed by atoms with Gasteiger partial charge in [0.2, 0.25) is 0 Å². The number of nitrogens with one attached hydrogen (secondary N) is 1. The quantitative estimate of drug-likeness (QED) is 0.793. The molecule has 22 heavy (non-hydrogen) atoms. The summed E-state index contributed by atoms with van der Waals surface area (Å²) < 4.78 is 0. The first kappa shape index (κ1) is 16.5. The van der Waals surface area contributed by atoms with Crippen molar-refractivity contribution in [1.82, 2.24) is 5.32 Å². The van der Waals surface area contributed by atoms with Gasteiger partial charge in [0.25, 0.3) is 0 Å². The minimum atomic E-state index is -0.849. The summed E-state index contributed by atoms with van der Waals surface area (Å²) in [4.78, 5) is 11.4. The van der Waals surface area contributed by atoms with Crippen molar-refractivity contribution in [2.24, 2.45) is 11.1 Å². The molecule has 0 unspecified atom stereocenters. The number of hydrogen-bond acceptors (Lipinski definition) is 3. The molecule has 0 radical (unpaired) electrons. The van der Waals surface area contributed by atoms with Crippen molar-refractivity contribution < 1.29 is 9.90 Å². The average molecular weight is 300 g/mol. The van der Waals surface area contributed by atoms with Crippen LogP contribution in [0.15, 0.2) is 42.5 Å². The van der Waals surface area contributed by atoms with E-state index in [4.69, 9.17) is 5.73 Å². The lowest BCUT2D eigenvalue weighted by Crippen LogP contribution is -2.48. The summed E-state index contributed by atoms with van der Waals surface area (Å²) in [6, 6.07) is 13.2. The van der Waals surface area contributed by atoms with E-state index in [1.807, 2.05) is 63.2 Å². The van der Waals surface area contributed by atoms with Crippen LogP contribution >= 0.6 is 0 Å². The van der Waals surface area contributed by atoms with Gasteiger partial charge in [-0.25, -0.2) is 0 Å². The van der Waals surface area contributed by atoms with E-state index < -0.39 is 12.0 Å². The fourth-order valence-electron chi connectivity index (χ4n) is 2.69. The van der Waals surface area contributed by atoms with Crippen molar-refractivity contribution in [3.63, 3.8) is 0 Å². The second kappa shape index (κ2) is 6.46. The largest absolute Gasteiger partial charge is 0.480 e. The average Bonchev–Trinajstić information content (AvgIpc) is 2.44. The van der Waals surface area contributed by atoms with Gasteiger partial charge in [0.15, 0.2) is 0 Å². The smallest absolute Gasteiger partial charge is 0.321 e. The number of carbonyl (C=O) groups is 1. The lowest BCUT2D eigenvalue weighted by molar-refractivity contribution is -0.142. The first-order chi connectivity index (χ1) is 10.3. The van der Waals surface area contributed by atoms with Crippen molar-refractivity contribution >= 4 is 16.7 Å². The topological polar surface area (TPSA) is 75.3 Å². The molecular weight excluding hydrogens is 276 g/mol. The number of fused-ring (bicyclic) bond motifs is 1. The molecule has 2 aromatic rings. The lowest BCUT2D eigenvalue weighted by atomic mass is 9.86. The maximum absolute atomic E-state index is 11.4. The third kappa shape index (κ3) is 3.64. The van der Waals surface area contributed by atoms with Crippen molar-refractivity contribution in [2.45, 2.75) is 32.9 Å². The highest BCUT2D eigenvalue weighted by Crippen LogP contribution is 2.24. The van der Waals surface area contributed by atoms with Crippen LogP contribution in [0.4, 0.5) is 0 Å². The van der Waals surface area contributed by atoms with Gasteiger partial charge >= 0.3 is 5.97 Å². The molecule has 0 heterocycles. The van der Waals surface area contributed by atoms with Gasteiger partial charge in [-0.1, -0.05) is 63.2 Å². The highest BCUT2D eigenvalue weighted by atomic mass is 16.4. The van der Waals surface area contributed by atoms with Crippen LogP contribution in [0.2, 0.25) is 0 Å². The molecule has 0 fully saturated rings. The highest BCUT2D eigenvalue weighted by molar-refractivity contribution is 5.86. The first-order valence-electron chi connectivity index (χ1n) is 7.50. The standard InChI is InChI=1S/C18H24N2O2/c1-18(2,3)16(17(21)22)20-11-15(19)14-10-6-8-12-7-4-5-9-13(12)14/h4-10,15-16,20H,11,19H2,1-3H3,(H,21,22)/t15-,16-/m1/s1. The van der Waals surface area contributed by atoms with Crippen molar-refractivity contribution in [3.05, 3.63) is 48.0 Å². The second-order valence-electron chi connectivity index (χ2n) is 6.72. The maximum atomic E-state index is 11.4. The fraction of sp³-hybridized carbons (Fsp3) is 0.389. The molecule has 2 rings (SSSR count). The van der Waals surface area contributed by atoms with Crippen molar-refractivity contribution in [3.8, 4) is 0 Å². The summed E-state index contributed by atoms with van der Waals surface area (Å²) in [6.45, 7) is 6.13. The summed E-state index contributed by atoms with van der Waals surface area (Å²) in [6.07, 6.45) is 0. The Balaban J connectivity index is 2.18. The Morgan fingerprint density at radius 1 is 1.18 bits per heavy atom. The molecule has 0 aliphatic heterocycles. The second-order valence-corrected chi connectivity index (χ2v) is 6.72. The van der Waals surface area contributed by atoms with Gasteiger partial charge in [-0.2, -0.15) is 0 Å². The van der Waals surface area contributed by atoms with E-state index >= 15 is 0 Å². The van der Waals surface area contributed by atoms with Crippen LogP contribution in [0.1, 0.15) is 32.4 Å². The van der Waals surface area contributed by atoms with Crippen LogP contribution in [-0.4, -0.2) is 23.7 Å². The molecule has 4 N–H and O–H groups in total. The number of carboxylic acid groups (broad SMARTS) is 1. The van der Waals surface area contributed by atoms with E-state index in [-0.39, 0.29) is 11.5 Å². The summed E-state index contributed by atoms with van der Waals surface area (Å²) >= 11 is 0. The van der Waals surface area contributed by atoms with Gasteiger partial charge in [-0.3, -0.25) is 4.79 Å². The number of rotatable bonds is 5. The van der Waals surface area contributed by atoms with Crippen LogP contribution < -0.4 is 11.1 Å². The molecule has 4 nitrogen and oxygen atoms in total. The Morgan fingerprint density at radius 2 is 1.82 bits per heavy atom. The summed E-state index contributed by atoms with van der Waals surface area (Å²) in [5.74, 6) is -0.849. The van der Waals surface area contributed by atoms with Gasteiger partial charge in [0.1, 0.15) is 6.04 Å². The fourth-order valence-corrected chi connectivity index (χ4v) is 2.69. The maximum Gasteiger partial charge on any atom is 0.321 e. The number of carboxylic acids is 1. The molecule has 0 aromatic heterocycles. The predicted molar refractivity (Wildman–Crippen MR) is 89.8 cm³/mol. The third-order valence-corrected chi connectivity index (χ3v) is 3.88. The number of hydrogen-bond donors (Lipinski definition) is 3. The number of nitrogens with two attached hydrogens (primary N) is 1. The van der Waals surface area contributed by atoms with Crippen LogP contribution in [0.5, 0.6) is 0 Å². The Labute approximate surface area is 131 Å². The molecule has 0 aliphatic rings. The zero-order valence-corrected chi connectivity index (χ0v) is 13.3. The molecule has 118 valence electrons. The van der Waals surface area contributed by atoms with Gasteiger partial charge in [-0.05, 0) is 21.8 Å².